The number of aliphatic hydroxyl groups is 1. The van der Waals surface area contributed by atoms with Crippen LogP contribution < -0.4 is 0 Å². The van der Waals surface area contributed by atoms with Gasteiger partial charge in [0.05, 0.1) is 26.4 Å². The number of hydrogen-bond acceptors (Lipinski definition) is 15. The van der Waals surface area contributed by atoms with E-state index < -0.39 is 97.5 Å². The van der Waals surface area contributed by atoms with Gasteiger partial charge in [-0.25, -0.2) is 9.13 Å². The maximum atomic E-state index is 13.1. The number of ether oxygens (including phenoxy) is 4. The van der Waals surface area contributed by atoms with Crippen LogP contribution in [0.15, 0.2) is 0 Å². The highest BCUT2D eigenvalue weighted by Gasteiger charge is 2.30. The summed E-state index contributed by atoms with van der Waals surface area (Å²) in [7, 11) is -9.91. The predicted molar refractivity (Wildman–Crippen MR) is 386 cm³/mol. The van der Waals surface area contributed by atoms with Gasteiger partial charge in [-0.1, -0.05) is 331 Å². The molecule has 19 heteroatoms. The number of phosphoric ester groups is 2. The highest BCUT2D eigenvalue weighted by molar-refractivity contribution is 7.47. The van der Waals surface area contributed by atoms with Crippen LogP contribution in [0.25, 0.3) is 0 Å². The number of hydrogen-bond donors (Lipinski definition) is 3. The lowest BCUT2D eigenvalue weighted by atomic mass is 10.00. The molecule has 0 aromatic rings. The van der Waals surface area contributed by atoms with Crippen molar-refractivity contribution in [1.82, 2.24) is 0 Å². The molecular formula is C76H148O17P2. The zero-order valence-electron chi connectivity index (χ0n) is 62.3. The summed E-state index contributed by atoms with van der Waals surface area (Å²) in [5.74, 6) is 0.926. The average Bonchev–Trinajstić information content (AvgIpc) is 1.92. The van der Waals surface area contributed by atoms with Crippen LogP contribution in [0.3, 0.4) is 0 Å². The number of esters is 4. The zero-order chi connectivity index (χ0) is 70.3. The normalized spacial score (nSPS) is 14.7. The van der Waals surface area contributed by atoms with Crippen LogP contribution in [0.4, 0.5) is 0 Å². The van der Waals surface area contributed by atoms with Crippen molar-refractivity contribution in [3.63, 3.8) is 0 Å². The van der Waals surface area contributed by atoms with Crippen molar-refractivity contribution in [3.8, 4) is 0 Å². The highest BCUT2D eigenvalue weighted by Crippen LogP contribution is 2.45. The van der Waals surface area contributed by atoms with Crippen LogP contribution in [0.2, 0.25) is 0 Å². The lowest BCUT2D eigenvalue weighted by Gasteiger charge is -2.21. The van der Waals surface area contributed by atoms with Gasteiger partial charge >= 0.3 is 39.5 Å². The van der Waals surface area contributed by atoms with Crippen LogP contribution in [0.1, 0.15) is 383 Å². The molecule has 17 nitrogen and oxygen atoms in total. The van der Waals surface area contributed by atoms with Crippen molar-refractivity contribution < 1.29 is 80.2 Å². The summed E-state index contributed by atoms with van der Waals surface area (Å²) >= 11 is 0. The summed E-state index contributed by atoms with van der Waals surface area (Å²) in [5, 5.41) is 10.6. The third-order valence-corrected chi connectivity index (χ3v) is 20.2. The number of unbranched alkanes of at least 4 members (excludes halogenated alkanes) is 37. The summed E-state index contributed by atoms with van der Waals surface area (Å²) in [6.45, 7) is 14.2. The van der Waals surface area contributed by atoms with Gasteiger partial charge in [0.1, 0.15) is 19.3 Å². The molecule has 0 aromatic heterocycles. The lowest BCUT2D eigenvalue weighted by Crippen LogP contribution is -2.30. The fourth-order valence-corrected chi connectivity index (χ4v) is 13.1. The number of phosphoric acid groups is 2. The second-order valence-corrected chi connectivity index (χ2v) is 31.7. The van der Waals surface area contributed by atoms with Crippen molar-refractivity contribution in [2.75, 3.05) is 39.6 Å². The number of rotatable bonds is 73. The van der Waals surface area contributed by atoms with Gasteiger partial charge in [-0.15, -0.1) is 0 Å². The minimum absolute atomic E-state index is 0.103. The maximum Gasteiger partial charge on any atom is 0.472 e. The highest BCUT2D eigenvalue weighted by atomic mass is 31.2. The first kappa shape index (κ1) is 93.1. The van der Waals surface area contributed by atoms with E-state index in [1.54, 1.807) is 0 Å². The molecule has 0 heterocycles. The lowest BCUT2D eigenvalue weighted by molar-refractivity contribution is -0.161. The van der Waals surface area contributed by atoms with Crippen LogP contribution in [-0.4, -0.2) is 96.7 Å². The smallest absolute Gasteiger partial charge is 0.462 e. The SMILES string of the molecule is CCC(C)CCCCCCCCC(=O)OC[C@H](COP(=O)(O)OC[C@H](O)COP(=O)(O)OC[C@@H](COC(=O)CCCCCCCCCCCCCCCC(C)C)OC(=O)CCCCCCCCC(C)CC)OC(=O)CCCCCCCCCCCCCCCCCCC(C)C. The summed E-state index contributed by atoms with van der Waals surface area (Å²) in [6.07, 6.45) is 50.1. The molecule has 3 N–H and O–H groups in total. The monoisotopic (exact) mass is 1400 g/mol. The van der Waals surface area contributed by atoms with E-state index in [1.165, 1.54) is 180 Å². The third kappa shape index (κ3) is 67.6. The Labute approximate surface area is 581 Å². The molecule has 0 saturated heterocycles. The van der Waals surface area contributed by atoms with Gasteiger partial charge in [0.2, 0.25) is 0 Å². The van der Waals surface area contributed by atoms with Crippen LogP contribution in [0, 0.1) is 23.7 Å². The summed E-state index contributed by atoms with van der Waals surface area (Å²) < 4.78 is 68.5. The standard InChI is InChI=1S/C76H148O17P2/c1-9-68(7)54-46-38-32-34-41-49-57-74(79)87-63-71(92-75(80)58-50-42-31-27-23-18-14-12-11-13-16-20-24-28-36-44-52-66(3)4)64-90-94(82,83)88-60-70(77)61-89-95(84,85)91-65-72(93-76(81)59-51-43-35-33-39-47-55-69(8)10-2)62-86-73(78)56-48-40-30-26-22-19-15-17-21-25-29-37-45-53-67(5)6/h66-72,77H,9-65H2,1-8H3,(H,82,83)(H,84,85)/t68?,69?,70-,71+,72+/m0/s1. The molecule has 564 valence electrons. The van der Waals surface area contributed by atoms with Gasteiger partial charge < -0.3 is 33.8 Å². The topological polar surface area (TPSA) is 237 Å². The van der Waals surface area contributed by atoms with Gasteiger partial charge in [-0.2, -0.15) is 0 Å². The van der Waals surface area contributed by atoms with E-state index in [-0.39, 0.29) is 25.7 Å². The Hall–Kier alpha value is -1.94. The number of carbonyl (C=O) groups is 4. The molecule has 0 radical (unpaired) electrons. The van der Waals surface area contributed by atoms with Crippen molar-refractivity contribution >= 4 is 39.5 Å². The Morgan fingerprint density at radius 1 is 0.295 bits per heavy atom. The first-order chi connectivity index (χ1) is 45.7. The Morgan fingerprint density at radius 2 is 0.505 bits per heavy atom. The second kappa shape index (κ2) is 65.4. The first-order valence-electron chi connectivity index (χ1n) is 39.3. The fourth-order valence-electron chi connectivity index (χ4n) is 11.5. The van der Waals surface area contributed by atoms with E-state index in [9.17, 15) is 43.2 Å². The summed E-state index contributed by atoms with van der Waals surface area (Å²) in [6, 6.07) is 0. The number of aliphatic hydroxyl groups excluding tert-OH is 1. The third-order valence-electron chi connectivity index (χ3n) is 18.3. The summed E-state index contributed by atoms with van der Waals surface area (Å²) in [5.41, 5.74) is 0. The molecule has 0 rings (SSSR count). The molecule has 4 unspecified atom stereocenters. The molecule has 0 fully saturated rings. The van der Waals surface area contributed by atoms with E-state index in [1.807, 2.05) is 0 Å². The van der Waals surface area contributed by atoms with Crippen LogP contribution in [-0.2, 0) is 65.4 Å². The van der Waals surface area contributed by atoms with E-state index in [0.29, 0.717) is 25.7 Å². The van der Waals surface area contributed by atoms with Gasteiger partial charge in [-0.05, 0) is 49.4 Å². The van der Waals surface area contributed by atoms with Crippen molar-refractivity contribution in [2.45, 2.75) is 401 Å². The van der Waals surface area contributed by atoms with Gasteiger partial charge in [0.15, 0.2) is 12.2 Å². The molecule has 0 saturated carbocycles. The van der Waals surface area contributed by atoms with E-state index in [4.69, 9.17) is 37.0 Å². The minimum atomic E-state index is -4.96. The molecule has 7 atom stereocenters. The second-order valence-electron chi connectivity index (χ2n) is 28.8. The molecule has 0 bridgehead atoms. The van der Waals surface area contributed by atoms with Crippen LogP contribution >= 0.6 is 15.6 Å². The molecular weight excluding hydrogens is 1250 g/mol. The Bertz CT molecular complexity index is 1870. The molecule has 0 aromatic carbocycles. The largest absolute Gasteiger partial charge is 0.472 e. The van der Waals surface area contributed by atoms with Crippen molar-refractivity contribution in [1.29, 1.82) is 0 Å². The quantitative estimate of drug-likeness (QED) is 0.0222. The maximum absolute atomic E-state index is 13.1. The first-order valence-corrected chi connectivity index (χ1v) is 42.3. The van der Waals surface area contributed by atoms with Gasteiger partial charge in [0.25, 0.3) is 0 Å². The summed E-state index contributed by atoms with van der Waals surface area (Å²) in [4.78, 5) is 72.8. The molecule has 0 amide bonds. The Balaban J connectivity index is 5.19. The van der Waals surface area contributed by atoms with E-state index in [2.05, 4.69) is 55.4 Å². The zero-order valence-corrected chi connectivity index (χ0v) is 64.1. The van der Waals surface area contributed by atoms with Gasteiger partial charge in [0, 0.05) is 25.7 Å². The van der Waals surface area contributed by atoms with Crippen molar-refractivity contribution in [3.05, 3.63) is 0 Å². The van der Waals surface area contributed by atoms with Crippen LogP contribution in [0.5, 0.6) is 0 Å². The molecule has 95 heavy (non-hydrogen) atoms. The fraction of sp³-hybridized carbons (Fsp3) is 0.947. The van der Waals surface area contributed by atoms with E-state index in [0.717, 1.165) is 120 Å². The minimum Gasteiger partial charge on any atom is -0.462 e. The van der Waals surface area contributed by atoms with Gasteiger partial charge in [-0.3, -0.25) is 37.3 Å². The Morgan fingerprint density at radius 3 is 0.747 bits per heavy atom. The number of carbonyl (C=O) groups excluding carboxylic acids is 4. The predicted octanol–water partition coefficient (Wildman–Crippen LogP) is 22.0. The molecule has 0 aliphatic rings. The van der Waals surface area contributed by atoms with E-state index >= 15 is 0 Å². The molecule has 0 aliphatic carbocycles. The molecule has 0 aliphatic heterocycles. The molecule has 0 spiro atoms. The Kier molecular flexibility index (Phi) is 64.0. The van der Waals surface area contributed by atoms with Crippen molar-refractivity contribution in [2.24, 2.45) is 23.7 Å². The average molecular weight is 1400 g/mol.